The summed E-state index contributed by atoms with van der Waals surface area (Å²) in [7, 11) is 0. The summed E-state index contributed by atoms with van der Waals surface area (Å²) in [5.41, 5.74) is -0.0801. The lowest BCUT2D eigenvalue weighted by molar-refractivity contribution is -0.191. The first-order valence-electron chi connectivity index (χ1n) is 15.0. The van der Waals surface area contributed by atoms with Gasteiger partial charge < -0.3 is 20.1 Å². The van der Waals surface area contributed by atoms with Gasteiger partial charge in [-0.3, -0.25) is 4.79 Å². The van der Waals surface area contributed by atoms with E-state index in [1.54, 1.807) is 0 Å². The van der Waals surface area contributed by atoms with Gasteiger partial charge in [-0.25, -0.2) is 0 Å². The zero-order chi connectivity index (χ0) is 26.1. The van der Waals surface area contributed by atoms with Gasteiger partial charge in [-0.1, -0.05) is 71.4 Å². The van der Waals surface area contributed by atoms with Gasteiger partial charge in [0.2, 0.25) is 0 Å². The maximum absolute atomic E-state index is 12.4. The van der Waals surface area contributed by atoms with Crippen LogP contribution in [-0.4, -0.2) is 45.7 Å². The number of hydrogen-bond donors (Lipinski definition) is 3. The van der Waals surface area contributed by atoms with E-state index in [0.29, 0.717) is 24.7 Å². The van der Waals surface area contributed by atoms with Crippen LogP contribution in [0.2, 0.25) is 0 Å². The fraction of sp³-hybridized carbons (Fsp3) is 0.903. The molecule has 5 heteroatoms. The number of carbonyl (C=O) groups is 1. The third-order valence-corrected chi connectivity index (χ3v) is 11.3. The highest BCUT2D eigenvalue weighted by Crippen LogP contribution is 2.68. The number of aliphatic hydroxyl groups is 3. The van der Waals surface area contributed by atoms with Crippen molar-refractivity contribution in [3.8, 4) is 0 Å². The summed E-state index contributed by atoms with van der Waals surface area (Å²) in [6, 6.07) is 0. The van der Waals surface area contributed by atoms with Crippen LogP contribution in [-0.2, 0) is 9.53 Å². The summed E-state index contributed by atoms with van der Waals surface area (Å²) in [5, 5.41) is 33.7. The molecule has 0 spiro atoms. The molecule has 0 aromatic carbocycles. The van der Waals surface area contributed by atoms with Crippen molar-refractivity contribution in [3.63, 3.8) is 0 Å². The number of ether oxygens (including phenoxy) is 1. The lowest BCUT2D eigenvalue weighted by Crippen LogP contribution is -2.60. The van der Waals surface area contributed by atoms with Gasteiger partial charge in [-0.05, 0) is 74.5 Å². The maximum Gasteiger partial charge on any atom is 0.305 e. The lowest BCUT2D eigenvalue weighted by Gasteiger charge is -2.59. The first-order valence-corrected chi connectivity index (χ1v) is 15.0. The Kier molecular flexibility index (Phi) is 8.64. The monoisotopic (exact) mass is 504 g/mol. The van der Waals surface area contributed by atoms with Gasteiger partial charge in [-0.2, -0.15) is 0 Å². The van der Waals surface area contributed by atoms with Crippen LogP contribution in [0.15, 0.2) is 11.6 Å². The topological polar surface area (TPSA) is 87.0 Å². The van der Waals surface area contributed by atoms with Crippen LogP contribution in [0, 0.1) is 34.5 Å². The molecule has 206 valence electrons. The van der Waals surface area contributed by atoms with Crippen molar-refractivity contribution in [2.75, 3.05) is 6.61 Å². The molecule has 0 aromatic rings. The summed E-state index contributed by atoms with van der Waals surface area (Å²) in [6.07, 6.45) is 14.8. The fourth-order valence-corrected chi connectivity index (χ4v) is 9.05. The second-order valence-corrected chi connectivity index (χ2v) is 13.3. The van der Waals surface area contributed by atoms with Gasteiger partial charge in [-0.15, -0.1) is 0 Å². The molecule has 0 bridgehead atoms. The van der Waals surface area contributed by atoms with Crippen molar-refractivity contribution in [1.29, 1.82) is 0 Å². The highest BCUT2D eigenvalue weighted by Gasteiger charge is 2.68. The molecule has 4 rings (SSSR count). The van der Waals surface area contributed by atoms with Crippen molar-refractivity contribution in [2.45, 2.75) is 135 Å². The first kappa shape index (κ1) is 28.1. The number of fused-ring (bicyclic) bond motifs is 5. The summed E-state index contributed by atoms with van der Waals surface area (Å²) >= 11 is 0. The minimum atomic E-state index is -1.25. The molecule has 4 aliphatic rings. The molecule has 3 fully saturated rings. The standard InChI is InChI=1S/C31H52O5/c1-5-6-7-8-9-10-11-28(34)36-20-21(2)31(35)27(33)19-26-24-13-12-22-18-23(32)14-16-29(22,3)25(24)15-17-30(26,31)4/h12,21,23-27,32-33,35H,5-11,13-20H2,1-4H3/t21-,23+,24-,25+,26+,27+,29+,30+,31-/m1/s1. The number of aliphatic hydroxyl groups excluding tert-OH is 2. The van der Waals surface area contributed by atoms with E-state index in [9.17, 15) is 20.1 Å². The van der Waals surface area contributed by atoms with Crippen LogP contribution in [0.3, 0.4) is 0 Å². The number of rotatable bonds is 10. The molecule has 0 radical (unpaired) electrons. The molecule has 5 nitrogen and oxygen atoms in total. The SMILES string of the molecule is CCCCCCCCC(=O)OC[C@@H](C)[C@@]1(O)[C@@H](O)C[C@H]2[C@@H]3CC=C4C[C@@H](O)CC[C@]4(C)[C@H]3CC[C@@]21C. The zero-order valence-electron chi connectivity index (χ0n) is 23.3. The van der Waals surface area contributed by atoms with E-state index in [4.69, 9.17) is 4.74 Å². The average Bonchev–Trinajstić information content (AvgIpc) is 3.06. The normalized spacial score (nSPS) is 42.6. The van der Waals surface area contributed by atoms with E-state index in [-0.39, 0.29) is 35.9 Å². The number of hydrogen-bond acceptors (Lipinski definition) is 5. The molecular weight excluding hydrogens is 452 g/mol. The van der Waals surface area contributed by atoms with Gasteiger partial charge in [0, 0.05) is 17.8 Å². The van der Waals surface area contributed by atoms with E-state index in [1.807, 2.05) is 6.92 Å². The van der Waals surface area contributed by atoms with E-state index < -0.39 is 17.1 Å². The van der Waals surface area contributed by atoms with Crippen LogP contribution in [0.4, 0.5) is 0 Å². The van der Waals surface area contributed by atoms with Crippen LogP contribution in [0.1, 0.15) is 118 Å². The van der Waals surface area contributed by atoms with Crippen molar-refractivity contribution >= 4 is 5.97 Å². The molecule has 0 aromatic heterocycles. The third-order valence-electron chi connectivity index (χ3n) is 11.3. The Morgan fingerprint density at radius 3 is 2.56 bits per heavy atom. The van der Waals surface area contributed by atoms with Crippen molar-refractivity contribution in [3.05, 3.63) is 11.6 Å². The van der Waals surface area contributed by atoms with Crippen LogP contribution >= 0.6 is 0 Å². The summed E-state index contributed by atoms with van der Waals surface area (Å²) in [6.45, 7) is 8.90. The van der Waals surface area contributed by atoms with E-state index in [0.717, 1.165) is 51.4 Å². The lowest BCUT2D eigenvalue weighted by atomic mass is 9.46. The Labute approximate surface area is 219 Å². The Balaban J connectivity index is 1.39. The average molecular weight is 505 g/mol. The predicted molar refractivity (Wildman–Crippen MR) is 142 cm³/mol. The van der Waals surface area contributed by atoms with E-state index >= 15 is 0 Å². The minimum Gasteiger partial charge on any atom is -0.465 e. The quantitative estimate of drug-likeness (QED) is 0.195. The number of carbonyl (C=O) groups excluding carboxylic acids is 1. The number of esters is 1. The molecule has 9 atom stereocenters. The Hall–Kier alpha value is -0.910. The number of unbranched alkanes of at least 4 members (excludes halogenated alkanes) is 5. The molecule has 4 aliphatic carbocycles. The van der Waals surface area contributed by atoms with Gasteiger partial charge in [0.25, 0.3) is 0 Å². The van der Waals surface area contributed by atoms with Crippen LogP contribution < -0.4 is 0 Å². The van der Waals surface area contributed by atoms with Gasteiger partial charge in [0.05, 0.1) is 18.8 Å². The molecule has 0 unspecified atom stereocenters. The Morgan fingerprint density at radius 2 is 1.81 bits per heavy atom. The van der Waals surface area contributed by atoms with Crippen molar-refractivity contribution in [1.82, 2.24) is 0 Å². The van der Waals surface area contributed by atoms with Gasteiger partial charge >= 0.3 is 5.97 Å². The highest BCUT2D eigenvalue weighted by atomic mass is 16.5. The second-order valence-electron chi connectivity index (χ2n) is 13.3. The van der Waals surface area contributed by atoms with E-state index in [1.165, 1.54) is 31.3 Å². The van der Waals surface area contributed by atoms with Crippen LogP contribution in [0.25, 0.3) is 0 Å². The molecule has 36 heavy (non-hydrogen) atoms. The molecule has 3 saturated carbocycles. The summed E-state index contributed by atoms with van der Waals surface area (Å²) in [4.78, 5) is 12.4. The van der Waals surface area contributed by atoms with Gasteiger partial charge in [0.15, 0.2) is 0 Å². The first-order chi connectivity index (χ1) is 17.1. The molecule has 0 saturated heterocycles. The third kappa shape index (κ3) is 4.82. The molecule has 0 amide bonds. The smallest absolute Gasteiger partial charge is 0.305 e. The van der Waals surface area contributed by atoms with Crippen molar-refractivity contribution in [2.24, 2.45) is 34.5 Å². The molecule has 0 aliphatic heterocycles. The maximum atomic E-state index is 12.4. The Morgan fingerprint density at radius 1 is 1.08 bits per heavy atom. The summed E-state index contributed by atoms with van der Waals surface area (Å²) in [5.74, 6) is 0.736. The summed E-state index contributed by atoms with van der Waals surface area (Å²) < 4.78 is 5.64. The minimum absolute atomic E-state index is 0.132. The van der Waals surface area contributed by atoms with Crippen molar-refractivity contribution < 1.29 is 24.9 Å². The molecule has 0 heterocycles. The molecule has 3 N–H and O–H groups in total. The van der Waals surface area contributed by atoms with Gasteiger partial charge in [0.1, 0.15) is 5.60 Å². The second kappa shape index (κ2) is 11.1. The highest BCUT2D eigenvalue weighted by molar-refractivity contribution is 5.69. The number of allylic oxidation sites excluding steroid dienone is 1. The largest absolute Gasteiger partial charge is 0.465 e. The fourth-order valence-electron chi connectivity index (χ4n) is 9.05. The molecular formula is C31H52O5. The zero-order valence-corrected chi connectivity index (χ0v) is 23.3. The van der Waals surface area contributed by atoms with E-state index in [2.05, 4.69) is 26.8 Å². The predicted octanol–water partition coefficient (Wildman–Crippen LogP) is 5.94. The van der Waals surface area contributed by atoms with Crippen LogP contribution in [0.5, 0.6) is 0 Å². The Bertz CT molecular complexity index is 809.